The maximum absolute atomic E-state index is 11.3. The zero-order valence-electron chi connectivity index (χ0n) is 15.6. The summed E-state index contributed by atoms with van der Waals surface area (Å²) in [6.07, 6.45) is 0. The summed E-state index contributed by atoms with van der Waals surface area (Å²) in [6.45, 7) is 3.95. The van der Waals surface area contributed by atoms with Crippen LogP contribution in [0.25, 0.3) is 10.9 Å². The molecule has 2 heterocycles. The van der Waals surface area contributed by atoms with Gasteiger partial charge in [-0.05, 0) is 37.6 Å². The zero-order chi connectivity index (χ0) is 19.7. The summed E-state index contributed by atoms with van der Waals surface area (Å²) in [5.41, 5.74) is 4.88. The van der Waals surface area contributed by atoms with Gasteiger partial charge in [0.25, 0.3) is 5.69 Å². The molecule has 0 saturated heterocycles. The minimum Gasteiger partial charge on any atom is -0.359 e. The second kappa shape index (κ2) is 7.15. The molecule has 6 nitrogen and oxygen atoms in total. The molecule has 140 valence electrons. The fraction of sp³-hybridized carbons (Fsp3) is 0.136. The molecule has 6 heteroatoms. The number of para-hydroxylation sites is 1. The van der Waals surface area contributed by atoms with Crippen LogP contribution in [-0.2, 0) is 0 Å². The highest BCUT2D eigenvalue weighted by atomic mass is 16.6. The lowest BCUT2D eigenvalue weighted by atomic mass is 9.95. The lowest BCUT2D eigenvalue weighted by Crippen LogP contribution is -2.14. The first-order valence-corrected chi connectivity index (χ1v) is 9.04. The van der Waals surface area contributed by atoms with Crippen LogP contribution in [0.4, 0.5) is 11.5 Å². The Kier molecular flexibility index (Phi) is 4.53. The number of pyridine rings is 1. The van der Waals surface area contributed by atoms with Gasteiger partial charge in [0.05, 0.1) is 11.0 Å². The normalized spacial score (nSPS) is 12.1. The van der Waals surface area contributed by atoms with Crippen molar-refractivity contribution >= 4 is 22.4 Å². The molecule has 0 spiro atoms. The number of aromatic amines is 1. The molecule has 2 aromatic carbocycles. The monoisotopic (exact) mass is 372 g/mol. The summed E-state index contributed by atoms with van der Waals surface area (Å²) in [6, 6.07) is 20.3. The topological polar surface area (TPSA) is 83.9 Å². The smallest absolute Gasteiger partial charge is 0.269 e. The number of fused-ring (bicyclic) bond motifs is 1. The van der Waals surface area contributed by atoms with Crippen molar-refractivity contribution in [3.63, 3.8) is 0 Å². The Morgan fingerprint density at radius 2 is 1.82 bits per heavy atom. The molecular formula is C22H20N4O2. The number of benzene rings is 2. The third-order valence-corrected chi connectivity index (χ3v) is 4.83. The first-order chi connectivity index (χ1) is 13.5. The van der Waals surface area contributed by atoms with Gasteiger partial charge in [-0.2, -0.15) is 0 Å². The van der Waals surface area contributed by atoms with E-state index in [9.17, 15) is 10.1 Å². The second-order valence-corrected chi connectivity index (χ2v) is 6.80. The molecule has 4 aromatic rings. The predicted molar refractivity (Wildman–Crippen MR) is 111 cm³/mol. The van der Waals surface area contributed by atoms with Gasteiger partial charge in [0.1, 0.15) is 5.82 Å². The molecule has 0 aliphatic carbocycles. The zero-order valence-corrected chi connectivity index (χ0v) is 15.6. The van der Waals surface area contributed by atoms with Crippen molar-refractivity contribution < 1.29 is 4.92 Å². The van der Waals surface area contributed by atoms with Gasteiger partial charge < -0.3 is 10.3 Å². The SMILES string of the molecule is Cc1cccc(N[C@@H](c2cccc([N+](=O)[O-])c2)c2c(C)[nH]c3ccccc23)n1. The highest BCUT2D eigenvalue weighted by Crippen LogP contribution is 2.35. The van der Waals surface area contributed by atoms with E-state index in [0.29, 0.717) is 0 Å². The first-order valence-electron chi connectivity index (χ1n) is 9.04. The maximum Gasteiger partial charge on any atom is 0.269 e. The van der Waals surface area contributed by atoms with Crippen LogP contribution in [0.2, 0.25) is 0 Å². The van der Waals surface area contributed by atoms with Crippen LogP contribution < -0.4 is 5.32 Å². The van der Waals surface area contributed by atoms with Crippen LogP contribution in [0, 0.1) is 24.0 Å². The van der Waals surface area contributed by atoms with Gasteiger partial charge in [-0.15, -0.1) is 0 Å². The Hall–Kier alpha value is -3.67. The number of nitrogens with one attached hydrogen (secondary N) is 2. The molecule has 28 heavy (non-hydrogen) atoms. The average molecular weight is 372 g/mol. The Balaban J connectivity index is 1.89. The quantitative estimate of drug-likeness (QED) is 0.368. The van der Waals surface area contributed by atoms with Crippen LogP contribution in [-0.4, -0.2) is 14.9 Å². The van der Waals surface area contributed by atoms with E-state index in [-0.39, 0.29) is 16.7 Å². The number of nitro groups is 1. The molecule has 0 amide bonds. The van der Waals surface area contributed by atoms with Gasteiger partial charge in [0.15, 0.2) is 0 Å². The number of anilines is 1. The molecule has 1 atom stereocenters. The molecular weight excluding hydrogens is 352 g/mol. The van der Waals surface area contributed by atoms with Gasteiger partial charge in [-0.25, -0.2) is 4.98 Å². The maximum atomic E-state index is 11.3. The van der Waals surface area contributed by atoms with E-state index in [1.165, 1.54) is 6.07 Å². The number of hydrogen-bond acceptors (Lipinski definition) is 4. The number of H-pyrrole nitrogens is 1. The van der Waals surface area contributed by atoms with Crippen LogP contribution in [0.15, 0.2) is 66.7 Å². The van der Waals surface area contributed by atoms with Crippen molar-refractivity contribution in [2.24, 2.45) is 0 Å². The van der Waals surface area contributed by atoms with Crippen LogP contribution in [0.1, 0.15) is 28.6 Å². The summed E-state index contributed by atoms with van der Waals surface area (Å²) in [7, 11) is 0. The van der Waals surface area contributed by atoms with Gasteiger partial charge in [-0.1, -0.05) is 36.4 Å². The van der Waals surface area contributed by atoms with E-state index < -0.39 is 0 Å². The van der Waals surface area contributed by atoms with Crippen molar-refractivity contribution in [1.82, 2.24) is 9.97 Å². The Bertz CT molecular complexity index is 1170. The summed E-state index contributed by atoms with van der Waals surface area (Å²) in [5, 5.41) is 15.9. The van der Waals surface area contributed by atoms with E-state index >= 15 is 0 Å². The van der Waals surface area contributed by atoms with Crippen molar-refractivity contribution in [2.45, 2.75) is 19.9 Å². The highest BCUT2D eigenvalue weighted by Gasteiger charge is 2.23. The molecule has 4 rings (SSSR count). The summed E-state index contributed by atoms with van der Waals surface area (Å²) < 4.78 is 0. The van der Waals surface area contributed by atoms with Gasteiger partial charge in [0, 0.05) is 40.0 Å². The lowest BCUT2D eigenvalue weighted by molar-refractivity contribution is -0.384. The summed E-state index contributed by atoms with van der Waals surface area (Å²) in [5.74, 6) is 0.723. The summed E-state index contributed by atoms with van der Waals surface area (Å²) >= 11 is 0. The van der Waals surface area contributed by atoms with Crippen LogP contribution in [0.3, 0.4) is 0 Å². The molecule has 0 fully saturated rings. The van der Waals surface area contributed by atoms with Gasteiger partial charge in [0.2, 0.25) is 0 Å². The van der Waals surface area contributed by atoms with E-state index in [1.807, 2.05) is 56.3 Å². The fourth-order valence-electron chi connectivity index (χ4n) is 3.58. The number of nitrogens with zero attached hydrogens (tertiary/aromatic N) is 2. The molecule has 0 saturated carbocycles. The number of hydrogen-bond donors (Lipinski definition) is 2. The van der Waals surface area contributed by atoms with Crippen molar-refractivity contribution in [1.29, 1.82) is 0 Å². The van der Waals surface area contributed by atoms with Crippen LogP contribution >= 0.6 is 0 Å². The van der Waals surface area contributed by atoms with Crippen molar-refractivity contribution in [3.8, 4) is 0 Å². The standard InChI is InChI=1S/C22H20N4O2/c1-14-7-5-12-20(23-14)25-22(16-8-6-9-17(13-16)26(27)28)21-15(2)24-19-11-4-3-10-18(19)21/h3-13,22,24H,1-2H3,(H,23,25)/t22-/m0/s1. The fourth-order valence-corrected chi connectivity index (χ4v) is 3.58. The number of non-ortho nitro benzene ring substituents is 1. The van der Waals surface area contributed by atoms with E-state index in [0.717, 1.165) is 39.2 Å². The van der Waals surface area contributed by atoms with E-state index in [4.69, 9.17) is 0 Å². The molecule has 0 unspecified atom stereocenters. The third-order valence-electron chi connectivity index (χ3n) is 4.83. The number of aromatic nitrogens is 2. The largest absolute Gasteiger partial charge is 0.359 e. The van der Waals surface area contributed by atoms with E-state index in [2.05, 4.69) is 21.4 Å². The number of aryl methyl sites for hydroxylation is 2. The average Bonchev–Trinajstić information content (AvgIpc) is 3.02. The minimum atomic E-state index is -0.368. The highest BCUT2D eigenvalue weighted by molar-refractivity contribution is 5.86. The molecule has 0 aliphatic rings. The third kappa shape index (κ3) is 3.32. The molecule has 0 radical (unpaired) electrons. The van der Waals surface area contributed by atoms with Gasteiger partial charge in [-0.3, -0.25) is 10.1 Å². The van der Waals surface area contributed by atoms with E-state index in [1.54, 1.807) is 12.1 Å². The number of nitro benzene ring substituents is 1. The second-order valence-electron chi connectivity index (χ2n) is 6.80. The number of rotatable bonds is 5. The molecule has 2 aromatic heterocycles. The lowest BCUT2D eigenvalue weighted by Gasteiger charge is -2.21. The van der Waals surface area contributed by atoms with Crippen LogP contribution in [0.5, 0.6) is 0 Å². The van der Waals surface area contributed by atoms with Gasteiger partial charge >= 0.3 is 0 Å². The minimum absolute atomic E-state index is 0.0685. The predicted octanol–water partition coefficient (Wildman–Crippen LogP) is 5.29. The van der Waals surface area contributed by atoms with Crippen molar-refractivity contribution in [2.75, 3.05) is 5.32 Å². The Morgan fingerprint density at radius 1 is 1.04 bits per heavy atom. The molecule has 2 N–H and O–H groups in total. The molecule has 0 aliphatic heterocycles. The Morgan fingerprint density at radius 3 is 2.61 bits per heavy atom. The van der Waals surface area contributed by atoms with Crippen molar-refractivity contribution in [3.05, 3.63) is 99.4 Å². The Labute approximate surface area is 162 Å². The molecule has 0 bridgehead atoms. The first kappa shape index (κ1) is 17.7. The summed E-state index contributed by atoms with van der Waals surface area (Å²) in [4.78, 5) is 18.9.